The maximum absolute atomic E-state index is 14.2. The van der Waals surface area contributed by atoms with Crippen LogP contribution in [0.15, 0.2) is 108 Å². The Morgan fingerprint density at radius 3 is 2.30 bits per heavy atom. The van der Waals surface area contributed by atoms with Crippen LogP contribution in [0.2, 0.25) is 0 Å². The van der Waals surface area contributed by atoms with E-state index in [2.05, 4.69) is 10.3 Å². The lowest BCUT2D eigenvalue weighted by Crippen LogP contribution is -2.35. The lowest BCUT2D eigenvalue weighted by molar-refractivity contribution is -0.137. The monoisotopic (exact) mass is 657 g/mol. The lowest BCUT2D eigenvalue weighted by Gasteiger charge is -2.21. The van der Waals surface area contributed by atoms with Gasteiger partial charge in [0.25, 0.3) is 11.6 Å². The van der Waals surface area contributed by atoms with Crippen LogP contribution in [0.1, 0.15) is 27.0 Å². The number of benzene rings is 4. The Labute approximate surface area is 271 Å². The van der Waals surface area contributed by atoms with Gasteiger partial charge >= 0.3 is 5.97 Å². The second-order valence-corrected chi connectivity index (χ2v) is 11.3. The summed E-state index contributed by atoms with van der Waals surface area (Å²) in [6.45, 7) is -0.515. The Bertz CT molecular complexity index is 1870. The van der Waals surface area contributed by atoms with Gasteiger partial charge in [-0.25, -0.2) is 4.98 Å². The van der Waals surface area contributed by atoms with E-state index in [0.29, 0.717) is 22.8 Å². The molecule has 0 aliphatic heterocycles. The summed E-state index contributed by atoms with van der Waals surface area (Å²) in [6.07, 6.45) is 1.26. The molecule has 240 valence electrons. The van der Waals surface area contributed by atoms with Crippen molar-refractivity contribution in [2.45, 2.75) is 18.6 Å². The Kier molecular flexibility index (Phi) is 10.1. The number of carboxylic acids is 1. The van der Waals surface area contributed by atoms with E-state index in [0.717, 1.165) is 11.1 Å². The topological polar surface area (TPSA) is 122 Å². The number of aliphatic carboxylic acids is 1. The van der Waals surface area contributed by atoms with Crippen molar-refractivity contribution in [1.29, 1.82) is 0 Å². The van der Waals surface area contributed by atoms with Crippen LogP contribution in [0.25, 0.3) is 22.7 Å². The number of methoxy groups -OCH3 is 1. The molecular weight excluding hydrogens is 627 g/mol. The average Bonchev–Trinajstić information content (AvgIpc) is 3.55. The van der Waals surface area contributed by atoms with E-state index in [1.54, 1.807) is 30.5 Å². The Morgan fingerprint density at radius 2 is 1.66 bits per heavy atom. The maximum Gasteiger partial charge on any atom is 0.323 e. The van der Waals surface area contributed by atoms with Gasteiger partial charge in [-0.15, -0.1) is 0 Å². The highest BCUT2D eigenvalue weighted by molar-refractivity contribution is 7.17. The van der Waals surface area contributed by atoms with Gasteiger partial charge in [0.05, 0.1) is 13.5 Å². The fourth-order valence-electron chi connectivity index (χ4n) is 4.89. The second-order valence-electron chi connectivity index (χ2n) is 10.6. The predicted octanol–water partition coefficient (Wildman–Crippen LogP) is 6.85. The lowest BCUT2D eigenvalue weighted by atomic mass is 10.0. The fraction of sp³-hybridized carbons (Fsp3) is 0.143. The number of amides is 2. The first-order valence-electron chi connectivity index (χ1n) is 14.4. The van der Waals surface area contributed by atoms with E-state index in [9.17, 15) is 28.3 Å². The molecular formula is C35H30F2N3O6P. The number of carboxylic acid groups (broad SMARTS) is 1. The van der Waals surface area contributed by atoms with Crippen LogP contribution in [0.4, 0.5) is 14.5 Å². The summed E-state index contributed by atoms with van der Waals surface area (Å²) in [6, 6.07) is 26.7. The van der Waals surface area contributed by atoms with Crippen LogP contribution >= 0.6 is 9.24 Å². The van der Waals surface area contributed by atoms with Gasteiger partial charge in [0.1, 0.15) is 24.3 Å². The number of halogens is 2. The van der Waals surface area contributed by atoms with Gasteiger partial charge < -0.3 is 24.5 Å². The first-order valence-corrected chi connectivity index (χ1v) is 14.9. The molecule has 9 nitrogen and oxygen atoms in total. The molecule has 0 saturated heterocycles. The number of nitrogens with one attached hydrogen (secondary N) is 1. The normalized spacial score (nSPS) is 11.1. The third-order valence-electron chi connectivity index (χ3n) is 7.20. The van der Waals surface area contributed by atoms with Gasteiger partial charge in [-0.1, -0.05) is 57.8 Å². The van der Waals surface area contributed by atoms with Crippen molar-refractivity contribution >= 4 is 32.7 Å². The standard InChI is InChI=1S/C35H30F2N3O6P/c1-45-28-16-13-26(29(18-28)35(36,37)47)17-31(41)38-27-14-11-25(12-15-27)34(44)40(20-32(42)43)19-22-7-9-24(10-8-22)33-39-30(21-46-33)23-5-3-2-4-6-23/h2-16,18,21H,17,19-20,47H2,1H3,(H,38,41)(H,42,43). The van der Waals surface area contributed by atoms with Crippen LogP contribution in [-0.2, 0) is 28.2 Å². The number of rotatable bonds is 12. The van der Waals surface area contributed by atoms with Crippen molar-refractivity contribution < 1.29 is 37.4 Å². The zero-order chi connectivity index (χ0) is 33.6. The fourth-order valence-corrected chi connectivity index (χ4v) is 5.16. The number of anilines is 1. The van der Waals surface area contributed by atoms with Gasteiger partial charge in [-0.3, -0.25) is 14.4 Å². The van der Waals surface area contributed by atoms with E-state index >= 15 is 0 Å². The van der Waals surface area contributed by atoms with Gasteiger partial charge in [0.2, 0.25) is 11.8 Å². The minimum absolute atomic E-state index is 0.0231. The molecule has 1 atom stereocenters. The highest BCUT2D eigenvalue weighted by Gasteiger charge is 2.29. The summed E-state index contributed by atoms with van der Waals surface area (Å²) in [4.78, 5) is 43.4. The molecule has 1 heterocycles. The number of carbonyl (C=O) groups excluding carboxylic acids is 2. The molecule has 1 unspecified atom stereocenters. The van der Waals surface area contributed by atoms with Crippen LogP contribution in [0, 0.1) is 0 Å². The molecule has 0 saturated carbocycles. The molecule has 0 radical (unpaired) electrons. The summed E-state index contributed by atoms with van der Waals surface area (Å²) in [5.41, 5.74) is 0.0789. The largest absolute Gasteiger partial charge is 0.497 e. The maximum atomic E-state index is 14.2. The molecule has 0 aliphatic rings. The quantitative estimate of drug-likeness (QED) is 0.141. The first kappa shape index (κ1) is 33.0. The molecule has 12 heteroatoms. The van der Waals surface area contributed by atoms with E-state index in [1.165, 1.54) is 63.7 Å². The number of ether oxygens (including phenoxy) is 1. The van der Waals surface area contributed by atoms with E-state index in [4.69, 9.17) is 9.15 Å². The zero-order valence-electron chi connectivity index (χ0n) is 25.2. The number of hydrogen-bond acceptors (Lipinski definition) is 6. The van der Waals surface area contributed by atoms with Gasteiger partial charge in [0, 0.05) is 34.5 Å². The van der Waals surface area contributed by atoms with Crippen molar-refractivity contribution in [2.75, 3.05) is 19.0 Å². The van der Waals surface area contributed by atoms with E-state index in [-0.39, 0.29) is 35.4 Å². The highest BCUT2D eigenvalue weighted by Crippen LogP contribution is 2.39. The zero-order valence-corrected chi connectivity index (χ0v) is 26.3. The minimum atomic E-state index is -3.26. The van der Waals surface area contributed by atoms with Crippen LogP contribution < -0.4 is 10.1 Å². The number of alkyl halides is 2. The summed E-state index contributed by atoms with van der Waals surface area (Å²) >= 11 is 0. The smallest absolute Gasteiger partial charge is 0.323 e. The second kappa shape index (κ2) is 14.3. The SMILES string of the molecule is COc1ccc(CC(=O)Nc2ccc(C(=O)N(CC(=O)O)Cc3ccc(-c4nc(-c5ccccc5)co4)cc3)cc2)c(C(F)(F)P)c1. The average molecular weight is 658 g/mol. The number of carbonyl (C=O) groups is 3. The Morgan fingerprint density at radius 1 is 0.957 bits per heavy atom. The van der Waals surface area contributed by atoms with Gasteiger partial charge in [-0.05, 0) is 59.7 Å². The third-order valence-corrected chi connectivity index (χ3v) is 7.52. The molecule has 5 rings (SSSR count). The number of oxazole rings is 1. The van der Waals surface area contributed by atoms with Crippen molar-refractivity contribution in [2.24, 2.45) is 0 Å². The van der Waals surface area contributed by atoms with Crippen LogP contribution in [-0.4, -0.2) is 46.4 Å². The molecule has 0 bridgehead atoms. The molecule has 2 N–H and O–H groups in total. The Balaban J connectivity index is 1.24. The van der Waals surface area contributed by atoms with Crippen molar-refractivity contribution in [3.63, 3.8) is 0 Å². The third kappa shape index (κ3) is 8.45. The number of hydrogen-bond donors (Lipinski definition) is 2. The molecule has 0 fully saturated rings. The van der Waals surface area contributed by atoms with Crippen molar-refractivity contribution in [1.82, 2.24) is 9.88 Å². The summed E-state index contributed by atoms with van der Waals surface area (Å²) in [7, 11) is 2.82. The van der Waals surface area contributed by atoms with Crippen LogP contribution in [0.5, 0.6) is 5.75 Å². The molecule has 2 amide bonds. The molecule has 0 spiro atoms. The number of nitrogens with zero attached hydrogens (tertiary/aromatic N) is 2. The molecule has 5 aromatic rings. The number of aromatic nitrogens is 1. The molecule has 4 aromatic carbocycles. The van der Waals surface area contributed by atoms with Gasteiger partial charge in [-0.2, -0.15) is 8.78 Å². The molecule has 47 heavy (non-hydrogen) atoms. The highest BCUT2D eigenvalue weighted by atomic mass is 31.0. The minimum Gasteiger partial charge on any atom is -0.497 e. The molecule has 1 aromatic heterocycles. The van der Waals surface area contributed by atoms with Gasteiger partial charge in [0.15, 0.2) is 0 Å². The first-order chi connectivity index (χ1) is 22.5. The van der Waals surface area contributed by atoms with E-state index in [1.807, 2.05) is 30.3 Å². The van der Waals surface area contributed by atoms with E-state index < -0.39 is 30.0 Å². The summed E-state index contributed by atoms with van der Waals surface area (Å²) < 4.78 is 39.0. The Hall–Kier alpha value is -5.41. The van der Waals surface area contributed by atoms with Crippen LogP contribution in [0.3, 0.4) is 0 Å². The predicted molar refractivity (Wildman–Crippen MR) is 175 cm³/mol. The van der Waals surface area contributed by atoms with Crippen molar-refractivity contribution in [3.05, 3.63) is 126 Å². The summed E-state index contributed by atoms with van der Waals surface area (Å²) in [5, 5.41) is 12.1. The molecule has 0 aliphatic carbocycles. The van der Waals surface area contributed by atoms with Crippen molar-refractivity contribution in [3.8, 4) is 28.5 Å². The summed E-state index contributed by atoms with van der Waals surface area (Å²) in [5.74, 6) is -1.58.